The SMILES string of the molecule is [Ce].[Fe].[Ni].[Sn]. The summed E-state index contributed by atoms with van der Waals surface area (Å²) in [5, 5.41) is 0. The van der Waals surface area contributed by atoms with Gasteiger partial charge in [0.1, 0.15) is 0 Å². The van der Waals surface area contributed by atoms with Crippen LogP contribution in [0.25, 0.3) is 0 Å². The predicted octanol–water partition coefficient (Wildman–Crippen LogP) is -0.386. The zero-order valence-corrected chi connectivity index (χ0v) is 9.76. The molecule has 0 N–H and O–H groups in total. The average molecular weight is 373 g/mol. The summed E-state index contributed by atoms with van der Waals surface area (Å²) in [6.45, 7) is 0. The van der Waals surface area contributed by atoms with Crippen molar-refractivity contribution in [3.8, 4) is 0 Å². The van der Waals surface area contributed by atoms with Gasteiger partial charge in [0.05, 0.1) is 0 Å². The Morgan fingerprint density at radius 3 is 1.00 bits per heavy atom. The van der Waals surface area contributed by atoms with Crippen molar-refractivity contribution in [1.29, 1.82) is 0 Å². The summed E-state index contributed by atoms with van der Waals surface area (Å²) in [7, 11) is 0. The van der Waals surface area contributed by atoms with Gasteiger partial charge >= 0.3 is 0 Å². The predicted molar refractivity (Wildman–Crippen MR) is 5.75 cm³/mol. The Bertz CT molecular complexity index is 8.00. The van der Waals surface area contributed by atoms with Crippen LogP contribution in [-0.2, 0) is 33.6 Å². The molecule has 4 radical (unpaired) electrons. The van der Waals surface area contributed by atoms with Crippen molar-refractivity contribution in [1.82, 2.24) is 0 Å². The Kier molecular flexibility index (Phi) is 111. The molecule has 0 aliphatic carbocycles. The van der Waals surface area contributed by atoms with Crippen molar-refractivity contribution in [3.63, 3.8) is 0 Å². The quantitative estimate of drug-likeness (QED) is 0.508. The molecule has 0 amide bonds. The normalized spacial score (nSPS) is 0. The molecule has 0 saturated heterocycles. The molecule has 0 fully saturated rings. The molecule has 0 saturated carbocycles. The second-order valence-corrected chi connectivity index (χ2v) is 0. The Morgan fingerprint density at radius 2 is 1.00 bits per heavy atom. The van der Waals surface area contributed by atoms with E-state index in [-0.39, 0.29) is 99.2 Å². The molecule has 26 valence electrons. The van der Waals surface area contributed by atoms with Crippen molar-refractivity contribution >= 4 is 23.9 Å². The van der Waals surface area contributed by atoms with Crippen LogP contribution in [0.5, 0.6) is 0 Å². The molecule has 0 aromatic heterocycles. The standard InChI is InChI=1S/Ce.Fe.Ni.Sn. The van der Waals surface area contributed by atoms with E-state index in [1.165, 1.54) is 0 Å². The first-order valence-corrected chi connectivity index (χ1v) is 0. The van der Waals surface area contributed by atoms with Gasteiger partial charge in [-0.25, -0.2) is 0 Å². The minimum Gasteiger partial charge on any atom is 0 e. The minimum absolute atomic E-state index is 0. The third-order valence-corrected chi connectivity index (χ3v) is 0. The van der Waals surface area contributed by atoms with Gasteiger partial charge in [0.25, 0.3) is 0 Å². The first-order valence-electron chi connectivity index (χ1n) is 0. The largest absolute Gasteiger partial charge is 0 e. The van der Waals surface area contributed by atoms with Gasteiger partial charge in [0.2, 0.25) is 0 Å². The molecular formula is CeFeNiSn. The van der Waals surface area contributed by atoms with Gasteiger partial charge < -0.3 is 0 Å². The van der Waals surface area contributed by atoms with Gasteiger partial charge in [-0.15, -0.1) is 0 Å². The van der Waals surface area contributed by atoms with Gasteiger partial charge in [-0.2, -0.15) is 0 Å². The van der Waals surface area contributed by atoms with E-state index in [9.17, 15) is 0 Å². The Labute approximate surface area is 97.0 Å². The molecule has 0 atom stereocenters. The van der Waals surface area contributed by atoms with E-state index in [1.807, 2.05) is 0 Å². The molecule has 4 heavy (non-hydrogen) atoms. The van der Waals surface area contributed by atoms with Crippen LogP contribution in [0.15, 0.2) is 0 Å². The molecule has 0 rings (SSSR count). The zero-order chi connectivity index (χ0) is 0. The summed E-state index contributed by atoms with van der Waals surface area (Å²) in [5.41, 5.74) is 0. The fourth-order valence-electron chi connectivity index (χ4n) is 0. The fourth-order valence-corrected chi connectivity index (χ4v) is 0. The molecule has 0 spiro atoms. The van der Waals surface area contributed by atoms with Crippen LogP contribution in [0.1, 0.15) is 0 Å². The first-order chi connectivity index (χ1) is 0. The van der Waals surface area contributed by atoms with E-state index in [2.05, 4.69) is 0 Å². The van der Waals surface area contributed by atoms with Gasteiger partial charge in [-0.1, -0.05) is 0 Å². The molecule has 0 aromatic carbocycles. The minimum atomic E-state index is 0. The molecule has 0 unspecified atom stereocenters. The Balaban J connectivity index is 0. The van der Waals surface area contributed by atoms with E-state index < -0.39 is 0 Å². The van der Waals surface area contributed by atoms with Gasteiger partial charge in [0.15, 0.2) is 0 Å². The second-order valence-electron chi connectivity index (χ2n) is 0. The van der Waals surface area contributed by atoms with Crippen LogP contribution in [0, 0.1) is 41.7 Å². The Hall–Kier alpha value is 3.19. The van der Waals surface area contributed by atoms with Gasteiger partial charge in [-0.05, 0) is 0 Å². The Morgan fingerprint density at radius 1 is 1.00 bits per heavy atom. The summed E-state index contributed by atoms with van der Waals surface area (Å²) >= 11 is 0. The molecule has 0 aliphatic rings. The number of hydrogen-bond donors (Lipinski definition) is 0. The first kappa shape index (κ1) is 27.1. The van der Waals surface area contributed by atoms with Gasteiger partial charge in [0, 0.05) is 99.2 Å². The van der Waals surface area contributed by atoms with E-state index in [4.69, 9.17) is 0 Å². The van der Waals surface area contributed by atoms with Crippen LogP contribution >= 0.6 is 0 Å². The van der Waals surface area contributed by atoms with Crippen LogP contribution in [0.3, 0.4) is 0 Å². The summed E-state index contributed by atoms with van der Waals surface area (Å²) in [6.07, 6.45) is 0. The summed E-state index contributed by atoms with van der Waals surface area (Å²) in [6, 6.07) is 0. The van der Waals surface area contributed by atoms with Crippen LogP contribution in [-0.4, -0.2) is 23.9 Å². The van der Waals surface area contributed by atoms with E-state index >= 15 is 0 Å². The van der Waals surface area contributed by atoms with Crippen molar-refractivity contribution in [3.05, 3.63) is 0 Å². The summed E-state index contributed by atoms with van der Waals surface area (Å²) in [4.78, 5) is 0. The maximum atomic E-state index is 0. The van der Waals surface area contributed by atoms with Crippen LogP contribution < -0.4 is 0 Å². The maximum absolute atomic E-state index is 0. The third-order valence-electron chi connectivity index (χ3n) is 0. The average Bonchev–Trinajstić information content (AvgIpc) is 0. The van der Waals surface area contributed by atoms with Crippen LogP contribution in [0.2, 0.25) is 0 Å². The molecule has 0 aliphatic heterocycles. The van der Waals surface area contributed by atoms with Crippen molar-refractivity contribution in [2.24, 2.45) is 0 Å². The molecule has 0 bridgehead atoms. The summed E-state index contributed by atoms with van der Waals surface area (Å²) in [5.74, 6) is 0. The molecular weight excluding hydrogens is 373 g/mol. The van der Waals surface area contributed by atoms with Gasteiger partial charge in [-0.3, -0.25) is 0 Å². The fraction of sp³-hybridized carbons (Fsp3) is 0. The topological polar surface area (TPSA) is 0 Å². The van der Waals surface area contributed by atoms with E-state index in [0.717, 1.165) is 0 Å². The van der Waals surface area contributed by atoms with Crippen molar-refractivity contribution in [2.45, 2.75) is 0 Å². The van der Waals surface area contributed by atoms with Crippen LogP contribution in [0.4, 0.5) is 0 Å². The second kappa shape index (κ2) is 16.4. The molecule has 4 heteroatoms. The third kappa shape index (κ3) is 8.95. The molecule has 0 heterocycles. The zero-order valence-electron chi connectivity index (χ0n) is 1.67. The maximum Gasteiger partial charge on any atom is 0 e. The van der Waals surface area contributed by atoms with Crippen molar-refractivity contribution < 1.29 is 75.3 Å². The number of rotatable bonds is 0. The van der Waals surface area contributed by atoms with Crippen molar-refractivity contribution in [2.75, 3.05) is 0 Å². The number of hydrogen-bond acceptors (Lipinski definition) is 0. The summed E-state index contributed by atoms with van der Waals surface area (Å²) < 4.78 is 0. The van der Waals surface area contributed by atoms with E-state index in [1.54, 1.807) is 0 Å². The molecule has 0 nitrogen and oxygen atoms in total. The monoisotopic (exact) mass is 374 g/mol. The van der Waals surface area contributed by atoms with E-state index in [0.29, 0.717) is 0 Å². The smallest absolute Gasteiger partial charge is 0 e. The molecule has 0 aromatic rings.